The fourth-order valence-corrected chi connectivity index (χ4v) is 2.36. The number of esters is 1. The Labute approximate surface area is 111 Å². The van der Waals surface area contributed by atoms with Crippen LogP contribution in [0.5, 0.6) is 0 Å². The molecular weight excluding hydrogens is 252 g/mol. The molecule has 94 valence electrons. The van der Waals surface area contributed by atoms with Gasteiger partial charge in [0.25, 0.3) is 0 Å². The number of benzene rings is 1. The standard InChI is InChI=1S/C13H13ClN2O2/c1-18-13(17)10-4-5-16(8-10)11-3-2-9(7-15)12(14)6-11/h2-3,6,10H,4-5,8H2,1H3. The molecule has 1 unspecified atom stereocenters. The maximum atomic E-state index is 11.4. The van der Waals surface area contributed by atoms with Gasteiger partial charge in [0.15, 0.2) is 0 Å². The zero-order chi connectivity index (χ0) is 13.1. The molecule has 1 saturated heterocycles. The van der Waals surface area contributed by atoms with Gasteiger partial charge < -0.3 is 9.64 Å². The van der Waals surface area contributed by atoms with E-state index in [4.69, 9.17) is 21.6 Å². The molecule has 1 aliphatic heterocycles. The summed E-state index contributed by atoms with van der Waals surface area (Å²) in [6.07, 6.45) is 0.782. The Morgan fingerprint density at radius 1 is 1.61 bits per heavy atom. The third-order valence-corrected chi connectivity index (χ3v) is 3.47. The lowest BCUT2D eigenvalue weighted by molar-refractivity contribution is -0.144. The van der Waals surface area contributed by atoms with Gasteiger partial charge in [-0.1, -0.05) is 11.6 Å². The first-order chi connectivity index (χ1) is 8.65. The molecule has 0 saturated carbocycles. The van der Waals surface area contributed by atoms with E-state index in [0.717, 1.165) is 18.7 Å². The number of hydrogen-bond donors (Lipinski definition) is 0. The summed E-state index contributed by atoms with van der Waals surface area (Å²) in [6.45, 7) is 1.43. The van der Waals surface area contributed by atoms with E-state index >= 15 is 0 Å². The lowest BCUT2D eigenvalue weighted by atomic mass is 10.1. The Balaban J connectivity index is 2.13. The topological polar surface area (TPSA) is 53.3 Å². The molecule has 1 atom stereocenters. The fraction of sp³-hybridized carbons (Fsp3) is 0.385. The van der Waals surface area contributed by atoms with Gasteiger partial charge in [0.2, 0.25) is 0 Å². The van der Waals surface area contributed by atoms with E-state index in [9.17, 15) is 4.79 Å². The van der Waals surface area contributed by atoms with E-state index < -0.39 is 0 Å². The summed E-state index contributed by atoms with van der Waals surface area (Å²) in [5.41, 5.74) is 1.40. The number of carbonyl (C=O) groups is 1. The number of methoxy groups -OCH3 is 1. The van der Waals surface area contributed by atoms with Crippen LogP contribution in [0.2, 0.25) is 5.02 Å². The zero-order valence-electron chi connectivity index (χ0n) is 10.0. The zero-order valence-corrected chi connectivity index (χ0v) is 10.8. The summed E-state index contributed by atoms with van der Waals surface area (Å²) in [4.78, 5) is 13.5. The van der Waals surface area contributed by atoms with Crippen LogP contribution in [0.3, 0.4) is 0 Å². The number of rotatable bonds is 2. The van der Waals surface area contributed by atoms with E-state index in [1.54, 1.807) is 12.1 Å². The average molecular weight is 265 g/mol. The van der Waals surface area contributed by atoms with Gasteiger partial charge in [0.1, 0.15) is 6.07 Å². The molecule has 2 rings (SSSR count). The van der Waals surface area contributed by atoms with Crippen LogP contribution in [-0.4, -0.2) is 26.2 Å². The number of hydrogen-bond acceptors (Lipinski definition) is 4. The van der Waals surface area contributed by atoms with Crippen molar-refractivity contribution in [3.8, 4) is 6.07 Å². The lowest BCUT2D eigenvalue weighted by Crippen LogP contribution is -2.23. The minimum Gasteiger partial charge on any atom is -0.469 e. The highest BCUT2D eigenvalue weighted by atomic mass is 35.5. The minimum absolute atomic E-state index is 0.0792. The van der Waals surface area contributed by atoms with E-state index in [2.05, 4.69) is 4.90 Å². The van der Waals surface area contributed by atoms with Crippen LogP contribution in [0.25, 0.3) is 0 Å². The van der Waals surface area contributed by atoms with Crippen LogP contribution in [0.15, 0.2) is 18.2 Å². The second-order valence-corrected chi connectivity index (χ2v) is 4.64. The molecule has 4 nitrogen and oxygen atoms in total. The van der Waals surface area contributed by atoms with E-state index in [-0.39, 0.29) is 11.9 Å². The van der Waals surface area contributed by atoms with Crippen molar-refractivity contribution in [2.45, 2.75) is 6.42 Å². The number of ether oxygens (including phenoxy) is 1. The van der Waals surface area contributed by atoms with Crippen molar-refractivity contribution in [1.29, 1.82) is 5.26 Å². The highest BCUT2D eigenvalue weighted by Crippen LogP contribution is 2.28. The molecular formula is C13H13ClN2O2. The number of carbonyl (C=O) groups excluding carboxylic acids is 1. The van der Waals surface area contributed by atoms with Gasteiger partial charge in [-0.15, -0.1) is 0 Å². The highest BCUT2D eigenvalue weighted by Gasteiger charge is 2.29. The molecule has 0 aromatic heterocycles. The number of halogens is 1. The van der Waals surface area contributed by atoms with Crippen LogP contribution in [0, 0.1) is 17.2 Å². The SMILES string of the molecule is COC(=O)C1CCN(c2ccc(C#N)c(Cl)c2)C1. The molecule has 1 heterocycles. The van der Waals surface area contributed by atoms with E-state index in [1.165, 1.54) is 7.11 Å². The summed E-state index contributed by atoms with van der Waals surface area (Å²) >= 11 is 5.99. The first kappa shape index (κ1) is 12.7. The van der Waals surface area contributed by atoms with Gasteiger partial charge in [-0.3, -0.25) is 4.79 Å². The first-order valence-corrected chi connectivity index (χ1v) is 6.06. The van der Waals surface area contributed by atoms with Gasteiger partial charge in [0.05, 0.1) is 23.6 Å². The number of nitrogens with zero attached hydrogens (tertiary/aromatic N) is 2. The van der Waals surface area contributed by atoms with Gasteiger partial charge in [-0.25, -0.2) is 0 Å². The predicted molar refractivity (Wildman–Crippen MR) is 68.5 cm³/mol. The van der Waals surface area contributed by atoms with E-state index in [1.807, 2.05) is 12.1 Å². The van der Waals surface area contributed by atoms with Crippen LogP contribution in [0.4, 0.5) is 5.69 Å². The highest BCUT2D eigenvalue weighted by molar-refractivity contribution is 6.32. The summed E-state index contributed by atoms with van der Waals surface area (Å²) < 4.78 is 4.74. The van der Waals surface area contributed by atoms with Gasteiger partial charge >= 0.3 is 5.97 Å². The van der Waals surface area contributed by atoms with Crippen molar-refractivity contribution < 1.29 is 9.53 Å². The van der Waals surface area contributed by atoms with Crippen molar-refractivity contribution in [2.24, 2.45) is 5.92 Å². The van der Waals surface area contributed by atoms with Crippen molar-refractivity contribution >= 4 is 23.3 Å². The van der Waals surface area contributed by atoms with Crippen LogP contribution >= 0.6 is 11.6 Å². The number of nitriles is 1. The van der Waals surface area contributed by atoms with Crippen LogP contribution in [-0.2, 0) is 9.53 Å². The van der Waals surface area contributed by atoms with Gasteiger partial charge in [-0.2, -0.15) is 5.26 Å². The molecule has 0 aliphatic carbocycles. The van der Waals surface area contributed by atoms with E-state index in [0.29, 0.717) is 17.1 Å². The van der Waals surface area contributed by atoms with Gasteiger partial charge in [0, 0.05) is 18.8 Å². The molecule has 0 bridgehead atoms. The quantitative estimate of drug-likeness (QED) is 0.769. The normalized spacial score (nSPS) is 18.5. The summed E-state index contributed by atoms with van der Waals surface area (Å²) in [5, 5.41) is 9.25. The third kappa shape index (κ3) is 2.41. The summed E-state index contributed by atoms with van der Waals surface area (Å²) in [6, 6.07) is 7.34. The average Bonchev–Trinajstić information content (AvgIpc) is 2.87. The maximum absolute atomic E-state index is 11.4. The molecule has 1 aromatic carbocycles. The largest absolute Gasteiger partial charge is 0.469 e. The second kappa shape index (κ2) is 5.28. The Morgan fingerprint density at radius 3 is 3.00 bits per heavy atom. The Bertz CT molecular complexity index is 510. The fourth-order valence-electron chi connectivity index (χ4n) is 2.15. The summed E-state index contributed by atoms with van der Waals surface area (Å²) in [5.74, 6) is -0.248. The molecule has 18 heavy (non-hydrogen) atoms. The van der Waals surface area contributed by atoms with Gasteiger partial charge in [-0.05, 0) is 24.6 Å². The minimum atomic E-state index is -0.169. The van der Waals surface area contributed by atoms with Crippen molar-refractivity contribution in [2.75, 3.05) is 25.1 Å². The Kier molecular flexibility index (Phi) is 3.73. The Hall–Kier alpha value is -1.73. The molecule has 0 amide bonds. The van der Waals surface area contributed by atoms with Crippen molar-refractivity contribution in [1.82, 2.24) is 0 Å². The van der Waals surface area contributed by atoms with Crippen molar-refractivity contribution in [3.63, 3.8) is 0 Å². The van der Waals surface area contributed by atoms with Crippen molar-refractivity contribution in [3.05, 3.63) is 28.8 Å². The molecule has 0 N–H and O–H groups in total. The summed E-state index contributed by atoms with van der Waals surface area (Å²) in [7, 11) is 1.41. The Morgan fingerprint density at radius 2 is 2.39 bits per heavy atom. The molecule has 1 aliphatic rings. The molecule has 1 aromatic rings. The molecule has 1 fully saturated rings. The maximum Gasteiger partial charge on any atom is 0.310 e. The number of anilines is 1. The molecule has 0 spiro atoms. The molecule has 0 radical (unpaired) electrons. The first-order valence-electron chi connectivity index (χ1n) is 5.68. The molecule has 5 heteroatoms. The lowest BCUT2D eigenvalue weighted by Gasteiger charge is -2.18. The smallest absolute Gasteiger partial charge is 0.310 e. The predicted octanol–water partition coefficient (Wildman–Crippen LogP) is 2.21. The van der Waals surface area contributed by atoms with Crippen LogP contribution in [0.1, 0.15) is 12.0 Å². The second-order valence-electron chi connectivity index (χ2n) is 4.23. The third-order valence-electron chi connectivity index (χ3n) is 3.16. The monoisotopic (exact) mass is 264 g/mol. The van der Waals surface area contributed by atoms with Crippen LogP contribution < -0.4 is 4.90 Å².